The van der Waals surface area contributed by atoms with Crippen molar-refractivity contribution in [3.63, 3.8) is 0 Å². The number of aryl methyl sites for hydroxylation is 3. The molecular weight excluding hydrogens is 428 g/mol. The largest absolute Gasteiger partial charge is 0.348 e. The average molecular weight is 465 g/mol. The minimum Gasteiger partial charge on any atom is -0.348 e. The first kappa shape index (κ1) is 25.4. The van der Waals surface area contributed by atoms with Crippen LogP contribution in [-0.4, -0.2) is 43.9 Å². The number of anilines is 1. The van der Waals surface area contributed by atoms with E-state index in [1.165, 1.54) is 10.5 Å². The maximum atomic E-state index is 13.3. The molecule has 3 rings (SSSR count). The topological polar surface area (TPSA) is 90.5 Å². The second-order valence-corrected chi connectivity index (χ2v) is 8.86. The minimum absolute atomic E-state index is 0.0619. The van der Waals surface area contributed by atoms with Crippen LogP contribution in [0.5, 0.6) is 0 Å². The van der Waals surface area contributed by atoms with Crippen LogP contribution in [0.15, 0.2) is 42.5 Å². The summed E-state index contributed by atoms with van der Waals surface area (Å²) in [6, 6.07) is 13.6. The van der Waals surface area contributed by atoms with Gasteiger partial charge in [-0.2, -0.15) is 0 Å². The van der Waals surface area contributed by atoms with E-state index < -0.39 is 6.04 Å². The summed E-state index contributed by atoms with van der Waals surface area (Å²) in [6.07, 6.45) is 3.62. The van der Waals surface area contributed by atoms with Gasteiger partial charge >= 0.3 is 0 Å². The van der Waals surface area contributed by atoms with Crippen molar-refractivity contribution < 1.29 is 14.4 Å². The molecule has 0 aliphatic heterocycles. The van der Waals surface area contributed by atoms with Crippen molar-refractivity contribution >= 4 is 23.4 Å². The molecule has 3 N–H and O–H groups in total. The molecule has 2 aromatic carbocycles. The lowest BCUT2D eigenvalue weighted by atomic mass is 9.88. The van der Waals surface area contributed by atoms with Crippen molar-refractivity contribution in [2.75, 3.05) is 25.0 Å². The van der Waals surface area contributed by atoms with Crippen LogP contribution in [0.2, 0.25) is 0 Å². The van der Waals surface area contributed by atoms with Crippen LogP contribution in [0.1, 0.15) is 55.0 Å². The van der Waals surface area contributed by atoms with Crippen molar-refractivity contribution in [2.45, 2.75) is 58.5 Å². The van der Waals surface area contributed by atoms with Gasteiger partial charge in [0.25, 0.3) is 0 Å². The van der Waals surface area contributed by atoms with E-state index in [0.29, 0.717) is 0 Å². The average Bonchev–Trinajstić information content (AvgIpc) is 2.85. The number of para-hydroxylation sites is 1. The van der Waals surface area contributed by atoms with Crippen molar-refractivity contribution in [1.82, 2.24) is 16.0 Å². The molecule has 0 fully saturated rings. The summed E-state index contributed by atoms with van der Waals surface area (Å²) < 4.78 is 0. The zero-order chi connectivity index (χ0) is 24.7. The molecule has 7 heteroatoms. The highest BCUT2D eigenvalue weighted by Gasteiger charge is 2.26. The second-order valence-electron chi connectivity index (χ2n) is 8.86. The second kappa shape index (κ2) is 11.8. The van der Waals surface area contributed by atoms with E-state index in [2.05, 4.69) is 28.1 Å². The van der Waals surface area contributed by atoms with Gasteiger partial charge < -0.3 is 20.9 Å². The van der Waals surface area contributed by atoms with Crippen LogP contribution in [0.3, 0.4) is 0 Å². The number of fused-ring (bicyclic) bond motifs is 1. The Bertz CT molecular complexity index is 1040. The Morgan fingerprint density at radius 1 is 1.12 bits per heavy atom. The third-order valence-corrected chi connectivity index (χ3v) is 6.52. The number of carbonyl (C=O) groups excluding carboxylic acids is 3. The molecule has 1 aliphatic rings. The van der Waals surface area contributed by atoms with Gasteiger partial charge in [0.15, 0.2) is 0 Å². The SMILES string of the molecule is CCc1cccc(C)c1N(CC(=O)NC1CCCc2ccccc21)C(=O)CNC(=O)C(C)NC. The normalized spacial score (nSPS) is 15.7. The summed E-state index contributed by atoms with van der Waals surface area (Å²) in [5, 5.41) is 8.69. The van der Waals surface area contributed by atoms with Crippen molar-refractivity contribution in [1.29, 1.82) is 0 Å². The highest BCUT2D eigenvalue weighted by atomic mass is 16.2. The van der Waals surface area contributed by atoms with E-state index in [1.807, 2.05) is 44.2 Å². The van der Waals surface area contributed by atoms with Gasteiger partial charge in [-0.15, -0.1) is 0 Å². The Labute approximate surface area is 202 Å². The van der Waals surface area contributed by atoms with Gasteiger partial charge in [-0.1, -0.05) is 49.4 Å². The molecule has 7 nitrogen and oxygen atoms in total. The summed E-state index contributed by atoms with van der Waals surface area (Å²) in [5.41, 5.74) is 5.06. The lowest BCUT2D eigenvalue weighted by Gasteiger charge is -2.30. The Kier molecular flexibility index (Phi) is 8.82. The summed E-state index contributed by atoms with van der Waals surface area (Å²) in [7, 11) is 1.69. The number of likely N-dealkylation sites (N-methyl/N-ethyl adjacent to an activating group) is 1. The van der Waals surface area contributed by atoms with Crippen LogP contribution >= 0.6 is 0 Å². The van der Waals surface area contributed by atoms with Crippen LogP contribution in [0.25, 0.3) is 0 Å². The predicted octanol–water partition coefficient (Wildman–Crippen LogP) is 2.81. The first-order valence-corrected chi connectivity index (χ1v) is 12.1. The van der Waals surface area contributed by atoms with Gasteiger partial charge in [0.05, 0.1) is 24.3 Å². The molecule has 2 aromatic rings. The minimum atomic E-state index is -0.416. The summed E-state index contributed by atoms with van der Waals surface area (Å²) in [6.45, 7) is 5.40. The maximum Gasteiger partial charge on any atom is 0.246 e. The Morgan fingerprint density at radius 2 is 1.88 bits per heavy atom. The highest BCUT2D eigenvalue weighted by Crippen LogP contribution is 2.30. The third-order valence-electron chi connectivity index (χ3n) is 6.52. The zero-order valence-corrected chi connectivity index (χ0v) is 20.6. The smallest absolute Gasteiger partial charge is 0.246 e. The van der Waals surface area contributed by atoms with Gasteiger partial charge in [-0.05, 0) is 68.8 Å². The number of nitrogens with one attached hydrogen (secondary N) is 3. The fourth-order valence-electron chi connectivity index (χ4n) is 4.51. The summed E-state index contributed by atoms with van der Waals surface area (Å²) in [4.78, 5) is 40.2. The molecule has 34 heavy (non-hydrogen) atoms. The number of hydrogen-bond donors (Lipinski definition) is 3. The molecule has 0 radical (unpaired) electrons. The number of hydrogen-bond acceptors (Lipinski definition) is 4. The molecule has 0 saturated carbocycles. The first-order chi connectivity index (χ1) is 16.3. The first-order valence-electron chi connectivity index (χ1n) is 12.1. The number of nitrogens with zero attached hydrogens (tertiary/aromatic N) is 1. The van der Waals surface area contributed by atoms with E-state index in [1.54, 1.807) is 14.0 Å². The van der Waals surface area contributed by atoms with E-state index in [9.17, 15) is 14.4 Å². The number of benzene rings is 2. The fourth-order valence-corrected chi connectivity index (χ4v) is 4.51. The molecule has 2 unspecified atom stereocenters. The predicted molar refractivity (Wildman–Crippen MR) is 135 cm³/mol. The Morgan fingerprint density at radius 3 is 2.62 bits per heavy atom. The van der Waals surface area contributed by atoms with Crippen LogP contribution in [-0.2, 0) is 27.2 Å². The van der Waals surface area contributed by atoms with Crippen LogP contribution < -0.4 is 20.9 Å². The fraction of sp³-hybridized carbons (Fsp3) is 0.444. The quantitative estimate of drug-likeness (QED) is 0.532. The molecule has 0 heterocycles. The molecule has 0 spiro atoms. The maximum absolute atomic E-state index is 13.3. The van der Waals surface area contributed by atoms with Gasteiger partial charge in [0.2, 0.25) is 17.7 Å². The molecule has 0 bridgehead atoms. The summed E-state index contributed by atoms with van der Waals surface area (Å²) >= 11 is 0. The third kappa shape index (κ3) is 6.03. The number of carbonyl (C=O) groups is 3. The molecule has 0 saturated heterocycles. The Hall–Kier alpha value is -3.19. The van der Waals surface area contributed by atoms with E-state index in [-0.39, 0.29) is 36.9 Å². The molecular formula is C27H36N4O3. The highest BCUT2D eigenvalue weighted by molar-refractivity contribution is 6.02. The summed E-state index contributed by atoms with van der Waals surface area (Å²) in [5.74, 6) is -0.797. The van der Waals surface area contributed by atoms with Gasteiger partial charge in [0.1, 0.15) is 6.54 Å². The van der Waals surface area contributed by atoms with Gasteiger partial charge in [-0.25, -0.2) is 0 Å². The van der Waals surface area contributed by atoms with Crippen LogP contribution in [0.4, 0.5) is 5.69 Å². The standard InChI is InChI=1S/C27H36N4O3/c1-5-20-12-8-10-18(2)26(20)31(25(33)16-29-27(34)19(3)28-4)17-24(32)30-23-15-9-13-21-11-6-7-14-22(21)23/h6-8,10-12,14,19,23,28H,5,9,13,15-17H2,1-4H3,(H,29,34)(H,30,32). The zero-order valence-electron chi connectivity index (χ0n) is 20.6. The lowest BCUT2D eigenvalue weighted by Crippen LogP contribution is -2.49. The molecule has 0 aromatic heterocycles. The molecule has 182 valence electrons. The molecule has 1 aliphatic carbocycles. The van der Waals surface area contributed by atoms with Crippen LogP contribution in [0, 0.1) is 6.92 Å². The monoisotopic (exact) mass is 464 g/mol. The number of rotatable bonds is 9. The number of amides is 3. The van der Waals surface area contributed by atoms with E-state index in [0.717, 1.165) is 48.1 Å². The van der Waals surface area contributed by atoms with Crippen molar-refractivity contribution in [3.8, 4) is 0 Å². The molecule has 2 atom stereocenters. The Balaban J connectivity index is 1.81. The van der Waals surface area contributed by atoms with Gasteiger partial charge in [0, 0.05) is 0 Å². The molecule has 3 amide bonds. The van der Waals surface area contributed by atoms with E-state index in [4.69, 9.17) is 0 Å². The van der Waals surface area contributed by atoms with E-state index >= 15 is 0 Å². The lowest BCUT2D eigenvalue weighted by molar-refractivity contribution is -0.126. The van der Waals surface area contributed by atoms with Gasteiger partial charge in [-0.3, -0.25) is 14.4 Å². The van der Waals surface area contributed by atoms with Crippen molar-refractivity contribution in [2.24, 2.45) is 0 Å². The van der Waals surface area contributed by atoms with Crippen molar-refractivity contribution in [3.05, 3.63) is 64.7 Å².